The van der Waals surface area contributed by atoms with Crippen molar-refractivity contribution in [2.75, 3.05) is 0 Å². The molecule has 0 fully saturated rings. The predicted molar refractivity (Wildman–Crippen MR) is 63.1 cm³/mol. The minimum atomic E-state index is -0.899. The third-order valence-corrected chi connectivity index (χ3v) is 2.33. The molecular formula is C12H21NO3. The monoisotopic (exact) mass is 227 g/mol. The zero-order valence-corrected chi connectivity index (χ0v) is 10.2. The highest BCUT2D eigenvalue weighted by Crippen LogP contribution is 2.22. The fourth-order valence-corrected chi connectivity index (χ4v) is 1.25. The van der Waals surface area contributed by atoms with Gasteiger partial charge < -0.3 is 10.4 Å². The summed E-state index contributed by atoms with van der Waals surface area (Å²) >= 11 is 0. The Morgan fingerprint density at radius 1 is 1.44 bits per heavy atom. The van der Waals surface area contributed by atoms with Gasteiger partial charge in [0, 0.05) is 12.5 Å². The lowest BCUT2D eigenvalue weighted by Crippen LogP contribution is -2.44. The van der Waals surface area contributed by atoms with E-state index in [1.807, 2.05) is 20.8 Å². The van der Waals surface area contributed by atoms with Crippen LogP contribution in [0.3, 0.4) is 0 Å². The number of nitrogens with one attached hydrogen (secondary N) is 1. The van der Waals surface area contributed by atoms with E-state index in [1.54, 1.807) is 6.08 Å². The van der Waals surface area contributed by atoms with Crippen LogP contribution in [0.15, 0.2) is 12.7 Å². The molecule has 0 rings (SSSR count). The molecule has 0 aliphatic rings. The van der Waals surface area contributed by atoms with E-state index in [1.165, 1.54) is 0 Å². The summed E-state index contributed by atoms with van der Waals surface area (Å²) in [6.45, 7) is 9.27. The van der Waals surface area contributed by atoms with Gasteiger partial charge in [-0.25, -0.2) is 0 Å². The third-order valence-electron chi connectivity index (χ3n) is 2.33. The van der Waals surface area contributed by atoms with Crippen LogP contribution in [0.1, 0.15) is 40.0 Å². The molecule has 1 amide bonds. The third kappa shape index (κ3) is 6.22. The van der Waals surface area contributed by atoms with E-state index in [-0.39, 0.29) is 23.8 Å². The van der Waals surface area contributed by atoms with Gasteiger partial charge in [0.15, 0.2) is 0 Å². The van der Waals surface area contributed by atoms with Crippen molar-refractivity contribution in [2.45, 2.75) is 46.1 Å². The van der Waals surface area contributed by atoms with Crippen molar-refractivity contribution in [3.8, 4) is 0 Å². The van der Waals surface area contributed by atoms with Crippen LogP contribution >= 0.6 is 0 Å². The van der Waals surface area contributed by atoms with Crippen molar-refractivity contribution in [1.29, 1.82) is 0 Å². The Morgan fingerprint density at radius 3 is 2.38 bits per heavy atom. The summed E-state index contributed by atoms with van der Waals surface area (Å²) < 4.78 is 0. The summed E-state index contributed by atoms with van der Waals surface area (Å²) in [6, 6.07) is -0.345. The van der Waals surface area contributed by atoms with Crippen molar-refractivity contribution < 1.29 is 14.7 Å². The summed E-state index contributed by atoms with van der Waals surface area (Å²) in [7, 11) is 0. The van der Waals surface area contributed by atoms with Gasteiger partial charge in [-0.2, -0.15) is 0 Å². The Balaban J connectivity index is 4.37. The number of rotatable bonds is 6. The molecule has 0 spiro atoms. The van der Waals surface area contributed by atoms with Crippen LogP contribution in [0.4, 0.5) is 0 Å². The lowest BCUT2D eigenvalue weighted by atomic mass is 9.84. The molecule has 0 saturated heterocycles. The maximum Gasteiger partial charge on any atom is 0.305 e. The Labute approximate surface area is 96.7 Å². The van der Waals surface area contributed by atoms with Gasteiger partial charge in [0.25, 0.3) is 0 Å². The SMILES string of the molecule is C=CCCC(=O)NC(CC(=O)O)C(C)(C)C. The molecule has 2 N–H and O–H groups in total. The Hall–Kier alpha value is -1.32. The van der Waals surface area contributed by atoms with Crippen molar-refractivity contribution in [3.05, 3.63) is 12.7 Å². The molecule has 1 atom stereocenters. The average Bonchev–Trinajstić information content (AvgIpc) is 2.11. The van der Waals surface area contributed by atoms with E-state index < -0.39 is 5.97 Å². The van der Waals surface area contributed by atoms with Crippen LogP contribution in [0.2, 0.25) is 0 Å². The van der Waals surface area contributed by atoms with Gasteiger partial charge in [0.1, 0.15) is 0 Å². The van der Waals surface area contributed by atoms with Crippen LogP contribution in [0.25, 0.3) is 0 Å². The summed E-state index contributed by atoms with van der Waals surface area (Å²) in [6.07, 6.45) is 2.58. The molecule has 0 aliphatic heterocycles. The van der Waals surface area contributed by atoms with Crippen molar-refractivity contribution in [3.63, 3.8) is 0 Å². The normalized spacial score (nSPS) is 12.9. The predicted octanol–water partition coefficient (Wildman–Crippen LogP) is 1.96. The van der Waals surface area contributed by atoms with E-state index in [0.29, 0.717) is 12.8 Å². The second-order valence-electron chi connectivity index (χ2n) is 4.91. The number of carboxylic acids is 1. The summed E-state index contributed by atoms with van der Waals surface area (Å²) in [5.74, 6) is -1.02. The van der Waals surface area contributed by atoms with E-state index in [0.717, 1.165) is 0 Å². The molecule has 0 aromatic carbocycles. The molecule has 1 unspecified atom stereocenters. The lowest BCUT2D eigenvalue weighted by Gasteiger charge is -2.30. The number of carbonyl (C=O) groups excluding carboxylic acids is 1. The second kappa shape index (κ2) is 6.30. The molecule has 16 heavy (non-hydrogen) atoms. The van der Waals surface area contributed by atoms with E-state index in [9.17, 15) is 9.59 Å². The highest BCUT2D eigenvalue weighted by Gasteiger charge is 2.28. The highest BCUT2D eigenvalue weighted by molar-refractivity contribution is 5.77. The van der Waals surface area contributed by atoms with Gasteiger partial charge in [0.2, 0.25) is 5.91 Å². The average molecular weight is 227 g/mol. The van der Waals surface area contributed by atoms with Gasteiger partial charge in [0.05, 0.1) is 6.42 Å². The van der Waals surface area contributed by atoms with Crippen molar-refractivity contribution in [1.82, 2.24) is 5.32 Å². The first-order valence-corrected chi connectivity index (χ1v) is 5.39. The van der Waals surface area contributed by atoms with Gasteiger partial charge in [-0.15, -0.1) is 6.58 Å². The molecular weight excluding hydrogens is 206 g/mol. The standard InChI is InChI=1S/C12H21NO3/c1-5-6-7-10(14)13-9(8-11(15)16)12(2,3)4/h5,9H,1,6-8H2,2-4H3,(H,13,14)(H,15,16). The van der Waals surface area contributed by atoms with Crippen LogP contribution in [0.5, 0.6) is 0 Å². The number of hydrogen-bond acceptors (Lipinski definition) is 2. The largest absolute Gasteiger partial charge is 0.481 e. The summed E-state index contributed by atoms with van der Waals surface area (Å²) in [5.41, 5.74) is -0.262. The minimum absolute atomic E-state index is 0.0523. The zero-order chi connectivity index (χ0) is 12.8. The maximum atomic E-state index is 11.5. The molecule has 0 saturated carbocycles. The van der Waals surface area contributed by atoms with Crippen molar-refractivity contribution in [2.24, 2.45) is 5.41 Å². The first kappa shape index (κ1) is 14.7. The smallest absolute Gasteiger partial charge is 0.305 e. The first-order valence-electron chi connectivity index (χ1n) is 5.39. The number of allylic oxidation sites excluding steroid dienone is 1. The van der Waals surface area contributed by atoms with Gasteiger partial charge in [-0.3, -0.25) is 9.59 Å². The molecule has 4 heteroatoms. The minimum Gasteiger partial charge on any atom is -0.481 e. The van der Waals surface area contributed by atoms with Crippen LogP contribution in [-0.4, -0.2) is 23.0 Å². The Morgan fingerprint density at radius 2 is 2.00 bits per heavy atom. The van der Waals surface area contributed by atoms with Gasteiger partial charge in [-0.05, 0) is 11.8 Å². The molecule has 0 aromatic rings. The molecule has 0 radical (unpaired) electrons. The van der Waals surface area contributed by atoms with E-state index in [2.05, 4.69) is 11.9 Å². The number of amides is 1. The molecule has 0 aliphatic carbocycles. The Kier molecular flexibility index (Phi) is 5.78. The molecule has 92 valence electrons. The van der Waals surface area contributed by atoms with Crippen molar-refractivity contribution >= 4 is 11.9 Å². The quantitative estimate of drug-likeness (QED) is 0.682. The zero-order valence-electron chi connectivity index (χ0n) is 10.2. The van der Waals surface area contributed by atoms with Crippen LogP contribution < -0.4 is 5.32 Å². The van der Waals surface area contributed by atoms with Crippen LogP contribution in [0, 0.1) is 5.41 Å². The number of carboxylic acid groups (broad SMARTS) is 1. The fourth-order valence-electron chi connectivity index (χ4n) is 1.25. The fraction of sp³-hybridized carbons (Fsp3) is 0.667. The van der Waals surface area contributed by atoms with Gasteiger partial charge in [-0.1, -0.05) is 26.8 Å². The molecule has 0 bridgehead atoms. The number of aliphatic carboxylic acids is 1. The van der Waals surface area contributed by atoms with Gasteiger partial charge >= 0.3 is 5.97 Å². The first-order chi connectivity index (χ1) is 7.27. The maximum absolute atomic E-state index is 11.5. The summed E-state index contributed by atoms with van der Waals surface area (Å²) in [5, 5.41) is 11.5. The Bertz CT molecular complexity index is 266. The number of carbonyl (C=O) groups is 2. The topological polar surface area (TPSA) is 66.4 Å². The number of hydrogen-bond donors (Lipinski definition) is 2. The van der Waals surface area contributed by atoms with Crippen LogP contribution in [-0.2, 0) is 9.59 Å². The molecule has 4 nitrogen and oxygen atoms in total. The second-order valence-corrected chi connectivity index (χ2v) is 4.91. The summed E-state index contributed by atoms with van der Waals surface area (Å²) in [4.78, 5) is 22.2. The molecule has 0 aromatic heterocycles. The highest BCUT2D eigenvalue weighted by atomic mass is 16.4. The lowest BCUT2D eigenvalue weighted by molar-refractivity contribution is -0.138. The van der Waals surface area contributed by atoms with E-state index in [4.69, 9.17) is 5.11 Å². The molecule has 0 heterocycles. The van der Waals surface area contributed by atoms with E-state index >= 15 is 0 Å².